The molecule has 0 aliphatic carbocycles. The van der Waals surface area contributed by atoms with E-state index in [1.807, 2.05) is 30.3 Å². The Hall–Kier alpha value is -1.77. The van der Waals surface area contributed by atoms with Crippen molar-refractivity contribution in [3.63, 3.8) is 0 Å². The van der Waals surface area contributed by atoms with E-state index in [4.69, 9.17) is 0 Å². The summed E-state index contributed by atoms with van der Waals surface area (Å²) in [6.07, 6.45) is 1.46. The van der Waals surface area contributed by atoms with Crippen LogP contribution in [0.5, 0.6) is 0 Å². The molecule has 3 aromatic rings. The number of hydrogen-bond donors (Lipinski definition) is 1. The fourth-order valence-corrected chi connectivity index (χ4v) is 3.09. The van der Waals surface area contributed by atoms with Crippen LogP contribution in [-0.4, -0.2) is 11.4 Å². The Kier molecular flexibility index (Phi) is 4.00. The molecule has 0 aliphatic heterocycles. The van der Waals surface area contributed by atoms with Crippen LogP contribution in [0, 0.1) is 6.92 Å². The maximum Gasteiger partial charge on any atom is 0.105 e. The maximum absolute atomic E-state index is 10.7. The summed E-state index contributed by atoms with van der Waals surface area (Å²) in [7, 11) is 0. The molecule has 3 aromatic carbocycles. The number of aliphatic hydroxyl groups excluding tert-OH is 1. The Bertz CT molecular complexity index is 762. The Morgan fingerprint density at radius 3 is 2.19 bits per heavy atom. The van der Waals surface area contributed by atoms with Gasteiger partial charge in [0.15, 0.2) is 0 Å². The van der Waals surface area contributed by atoms with Gasteiger partial charge in [-0.1, -0.05) is 48.5 Å². The molecule has 0 radical (unpaired) electrons. The third-order valence-corrected chi connectivity index (χ3v) is 4.65. The van der Waals surface area contributed by atoms with Gasteiger partial charge in [-0.15, -0.1) is 11.8 Å². The third-order valence-electron chi connectivity index (χ3n) is 3.90. The number of aliphatic hydroxyl groups is 1. The van der Waals surface area contributed by atoms with E-state index in [1.54, 1.807) is 11.8 Å². The van der Waals surface area contributed by atoms with E-state index in [1.165, 1.54) is 15.8 Å². The SMILES string of the molecule is CSc1ccc(C(O)c2ccc(C)c3ccccc23)cc1. The standard InChI is InChI=1S/C19H18OS/c1-13-7-12-18(17-6-4-3-5-16(13)17)19(20)14-8-10-15(21-2)11-9-14/h3-12,19-20H,1-2H3. The van der Waals surface area contributed by atoms with Crippen molar-refractivity contribution in [1.82, 2.24) is 0 Å². The van der Waals surface area contributed by atoms with E-state index in [9.17, 15) is 5.11 Å². The first-order valence-electron chi connectivity index (χ1n) is 7.01. The molecule has 0 saturated carbocycles. The molecule has 0 fully saturated rings. The van der Waals surface area contributed by atoms with Gasteiger partial charge in [0.05, 0.1) is 0 Å². The lowest BCUT2D eigenvalue weighted by Gasteiger charge is -2.16. The van der Waals surface area contributed by atoms with Gasteiger partial charge < -0.3 is 5.11 Å². The quantitative estimate of drug-likeness (QED) is 0.690. The zero-order valence-electron chi connectivity index (χ0n) is 12.2. The van der Waals surface area contributed by atoms with E-state index in [-0.39, 0.29) is 0 Å². The summed E-state index contributed by atoms with van der Waals surface area (Å²) in [5.41, 5.74) is 3.13. The fraction of sp³-hybridized carbons (Fsp3) is 0.158. The molecular formula is C19H18OS. The van der Waals surface area contributed by atoms with Crippen molar-refractivity contribution < 1.29 is 5.11 Å². The second kappa shape index (κ2) is 5.92. The normalized spacial score (nSPS) is 12.5. The number of benzene rings is 3. The van der Waals surface area contributed by atoms with E-state index in [0.717, 1.165) is 16.5 Å². The minimum atomic E-state index is -0.591. The van der Waals surface area contributed by atoms with Crippen molar-refractivity contribution in [2.75, 3.05) is 6.26 Å². The van der Waals surface area contributed by atoms with E-state index in [2.05, 4.69) is 43.5 Å². The number of thioether (sulfide) groups is 1. The molecule has 1 N–H and O–H groups in total. The van der Waals surface area contributed by atoms with Crippen LogP contribution in [-0.2, 0) is 0 Å². The lowest BCUT2D eigenvalue weighted by molar-refractivity contribution is 0.222. The lowest BCUT2D eigenvalue weighted by Crippen LogP contribution is -2.01. The van der Waals surface area contributed by atoms with Gasteiger partial charge in [0, 0.05) is 4.90 Å². The second-order valence-electron chi connectivity index (χ2n) is 5.19. The molecule has 3 rings (SSSR count). The molecule has 106 valence electrons. The largest absolute Gasteiger partial charge is 0.384 e. The van der Waals surface area contributed by atoms with Gasteiger partial charge in [-0.25, -0.2) is 0 Å². The molecule has 0 amide bonds. The van der Waals surface area contributed by atoms with Gasteiger partial charge in [0.1, 0.15) is 6.10 Å². The number of aryl methyl sites for hydroxylation is 1. The van der Waals surface area contributed by atoms with Crippen LogP contribution in [0.2, 0.25) is 0 Å². The van der Waals surface area contributed by atoms with Crippen molar-refractivity contribution in [2.45, 2.75) is 17.9 Å². The van der Waals surface area contributed by atoms with Gasteiger partial charge in [-0.2, -0.15) is 0 Å². The van der Waals surface area contributed by atoms with Crippen LogP contribution in [0.4, 0.5) is 0 Å². The molecule has 0 bridgehead atoms. The predicted octanol–water partition coefficient (Wildman–Crippen LogP) is 4.95. The van der Waals surface area contributed by atoms with Gasteiger partial charge in [0.25, 0.3) is 0 Å². The van der Waals surface area contributed by atoms with Gasteiger partial charge >= 0.3 is 0 Å². The van der Waals surface area contributed by atoms with Crippen molar-refractivity contribution in [1.29, 1.82) is 0 Å². The van der Waals surface area contributed by atoms with Crippen molar-refractivity contribution >= 4 is 22.5 Å². The summed E-state index contributed by atoms with van der Waals surface area (Å²) in [5, 5.41) is 13.1. The van der Waals surface area contributed by atoms with E-state index in [0.29, 0.717) is 0 Å². The minimum absolute atomic E-state index is 0.591. The van der Waals surface area contributed by atoms with E-state index >= 15 is 0 Å². The Morgan fingerprint density at radius 1 is 0.857 bits per heavy atom. The Balaban J connectivity index is 2.08. The highest BCUT2D eigenvalue weighted by Crippen LogP contribution is 2.31. The van der Waals surface area contributed by atoms with Crippen LogP contribution in [0.3, 0.4) is 0 Å². The Labute approximate surface area is 129 Å². The second-order valence-corrected chi connectivity index (χ2v) is 6.07. The van der Waals surface area contributed by atoms with Gasteiger partial charge in [-0.05, 0) is 52.8 Å². The Morgan fingerprint density at radius 2 is 1.52 bits per heavy atom. The summed E-state index contributed by atoms with van der Waals surface area (Å²) in [6, 6.07) is 20.5. The van der Waals surface area contributed by atoms with Gasteiger partial charge in [-0.3, -0.25) is 0 Å². The molecular weight excluding hydrogens is 276 g/mol. The molecule has 0 spiro atoms. The van der Waals surface area contributed by atoms with Crippen LogP contribution < -0.4 is 0 Å². The number of fused-ring (bicyclic) bond motifs is 1. The molecule has 1 nitrogen and oxygen atoms in total. The molecule has 2 heteroatoms. The van der Waals surface area contributed by atoms with Crippen LogP contribution in [0.1, 0.15) is 22.8 Å². The highest BCUT2D eigenvalue weighted by molar-refractivity contribution is 7.98. The fourth-order valence-electron chi connectivity index (χ4n) is 2.68. The first kappa shape index (κ1) is 14.2. The molecule has 0 saturated heterocycles. The average Bonchev–Trinajstić information content (AvgIpc) is 2.55. The molecule has 0 aromatic heterocycles. The molecule has 1 unspecified atom stereocenters. The van der Waals surface area contributed by atoms with Crippen molar-refractivity contribution in [2.24, 2.45) is 0 Å². The molecule has 0 aliphatic rings. The topological polar surface area (TPSA) is 20.2 Å². The predicted molar refractivity (Wildman–Crippen MR) is 91.0 cm³/mol. The minimum Gasteiger partial charge on any atom is -0.384 e. The summed E-state index contributed by atoms with van der Waals surface area (Å²) in [5.74, 6) is 0. The van der Waals surface area contributed by atoms with Crippen molar-refractivity contribution in [3.8, 4) is 0 Å². The molecule has 21 heavy (non-hydrogen) atoms. The maximum atomic E-state index is 10.7. The van der Waals surface area contributed by atoms with Crippen molar-refractivity contribution in [3.05, 3.63) is 77.4 Å². The monoisotopic (exact) mass is 294 g/mol. The summed E-state index contributed by atoms with van der Waals surface area (Å²) < 4.78 is 0. The smallest absolute Gasteiger partial charge is 0.105 e. The summed E-state index contributed by atoms with van der Waals surface area (Å²) in [4.78, 5) is 1.21. The first-order valence-corrected chi connectivity index (χ1v) is 8.23. The van der Waals surface area contributed by atoms with Crippen LogP contribution in [0.25, 0.3) is 10.8 Å². The highest BCUT2D eigenvalue weighted by atomic mass is 32.2. The summed E-state index contributed by atoms with van der Waals surface area (Å²) >= 11 is 1.71. The summed E-state index contributed by atoms with van der Waals surface area (Å²) in [6.45, 7) is 2.10. The van der Waals surface area contributed by atoms with Crippen LogP contribution in [0.15, 0.2) is 65.6 Å². The zero-order valence-corrected chi connectivity index (χ0v) is 13.0. The number of hydrogen-bond acceptors (Lipinski definition) is 2. The van der Waals surface area contributed by atoms with E-state index < -0.39 is 6.10 Å². The molecule has 0 heterocycles. The van der Waals surface area contributed by atoms with Gasteiger partial charge in [0.2, 0.25) is 0 Å². The lowest BCUT2D eigenvalue weighted by atomic mass is 9.94. The highest BCUT2D eigenvalue weighted by Gasteiger charge is 2.14. The number of rotatable bonds is 3. The average molecular weight is 294 g/mol. The molecule has 1 atom stereocenters. The first-order chi connectivity index (χ1) is 10.2. The van der Waals surface area contributed by atoms with Crippen LogP contribution >= 0.6 is 11.8 Å². The third kappa shape index (κ3) is 2.69. The zero-order chi connectivity index (χ0) is 14.8.